The number of nitrogens with zero attached hydrogens (tertiary/aromatic N) is 2. The van der Waals surface area contributed by atoms with E-state index in [1.54, 1.807) is 0 Å². The molecule has 22 heavy (non-hydrogen) atoms. The molecule has 0 unspecified atom stereocenters. The van der Waals surface area contributed by atoms with Crippen molar-refractivity contribution < 1.29 is 4.42 Å². The summed E-state index contributed by atoms with van der Waals surface area (Å²) in [6, 6.07) is 10.2. The molecule has 2 aromatic rings. The van der Waals surface area contributed by atoms with Gasteiger partial charge in [0.15, 0.2) is 5.96 Å². The Morgan fingerprint density at radius 1 is 1.27 bits per heavy atom. The van der Waals surface area contributed by atoms with Crippen LogP contribution >= 0.6 is 0 Å². The minimum Gasteiger partial charge on any atom is -0.459 e. The van der Waals surface area contributed by atoms with Gasteiger partial charge in [0.2, 0.25) is 0 Å². The third-order valence-electron chi connectivity index (χ3n) is 4.08. The summed E-state index contributed by atoms with van der Waals surface area (Å²) in [4.78, 5) is 7.14. The molecule has 0 atom stereocenters. The smallest absolute Gasteiger partial charge is 0.194 e. The van der Waals surface area contributed by atoms with Crippen LogP contribution in [0.25, 0.3) is 11.0 Å². The highest BCUT2D eigenvalue weighted by atomic mass is 16.3. The van der Waals surface area contributed by atoms with Crippen LogP contribution in [0.4, 0.5) is 0 Å². The van der Waals surface area contributed by atoms with E-state index in [9.17, 15) is 0 Å². The van der Waals surface area contributed by atoms with Gasteiger partial charge in [-0.2, -0.15) is 0 Å². The monoisotopic (exact) mass is 299 g/mol. The lowest BCUT2D eigenvalue weighted by Crippen LogP contribution is -2.40. The number of para-hydroxylation sites is 1. The number of hydrogen-bond acceptors (Lipinski definition) is 2. The maximum atomic E-state index is 5.85. The first-order chi connectivity index (χ1) is 10.9. The molecule has 1 fully saturated rings. The van der Waals surface area contributed by atoms with Gasteiger partial charge in [0, 0.05) is 25.0 Å². The van der Waals surface area contributed by atoms with E-state index in [2.05, 4.69) is 29.3 Å². The van der Waals surface area contributed by atoms with Crippen molar-refractivity contribution in [3.8, 4) is 0 Å². The molecule has 1 aliphatic heterocycles. The molecule has 2 heterocycles. The lowest BCUT2D eigenvalue weighted by Gasteiger charge is -2.21. The SMILES string of the molecule is CCCCNC(=NCc1cc2ccccc2o1)N1CCCC1. The fourth-order valence-corrected chi connectivity index (χ4v) is 2.84. The first-order valence-electron chi connectivity index (χ1n) is 8.37. The van der Waals surface area contributed by atoms with E-state index in [-0.39, 0.29) is 0 Å². The second-order valence-electron chi connectivity index (χ2n) is 5.86. The standard InChI is InChI=1S/C18H25N3O/c1-2-3-10-19-18(21-11-6-7-12-21)20-14-16-13-15-8-4-5-9-17(15)22-16/h4-5,8-9,13H,2-3,6-7,10-12,14H2,1H3,(H,19,20). The number of aliphatic imine (C=N–C) groups is 1. The summed E-state index contributed by atoms with van der Waals surface area (Å²) < 4.78 is 5.85. The van der Waals surface area contributed by atoms with Gasteiger partial charge in [-0.25, -0.2) is 4.99 Å². The summed E-state index contributed by atoms with van der Waals surface area (Å²) >= 11 is 0. The van der Waals surface area contributed by atoms with Crippen molar-refractivity contribution in [2.75, 3.05) is 19.6 Å². The summed E-state index contributed by atoms with van der Waals surface area (Å²) in [6.45, 7) is 6.02. The quantitative estimate of drug-likeness (QED) is 0.519. The van der Waals surface area contributed by atoms with Crippen LogP contribution in [0.5, 0.6) is 0 Å². The van der Waals surface area contributed by atoms with E-state index in [0.29, 0.717) is 6.54 Å². The molecule has 1 saturated heterocycles. The van der Waals surface area contributed by atoms with E-state index in [4.69, 9.17) is 9.41 Å². The second kappa shape index (κ2) is 7.34. The van der Waals surface area contributed by atoms with Gasteiger partial charge in [0.05, 0.1) is 0 Å². The summed E-state index contributed by atoms with van der Waals surface area (Å²) in [5, 5.41) is 4.65. The maximum Gasteiger partial charge on any atom is 0.194 e. The average molecular weight is 299 g/mol. The van der Waals surface area contributed by atoms with Crippen LogP contribution < -0.4 is 5.32 Å². The Labute approximate surface area is 132 Å². The Hall–Kier alpha value is -1.97. The van der Waals surface area contributed by atoms with Crippen LogP contribution in [0, 0.1) is 0 Å². The van der Waals surface area contributed by atoms with Gasteiger partial charge in [0.25, 0.3) is 0 Å². The number of likely N-dealkylation sites (tertiary alicyclic amines) is 1. The van der Waals surface area contributed by atoms with Crippen LogP contribution in [0.3, 0.4) is 0 Å². The Morgan fingerprint density at radius 2 is 2.09 bits per heavy atom. The van der Waals surface area contributed by atoms with E-state index in [1.165, 1.54) is 25.7 Å². The number of rotatable bonds is 5. The molecule has 0 bridgehead atoms. The molecule has 1 aromatic carbocycles. The van der Waals surface area contributed by atoms with Crippen molar-refractivity contribution >= 4 is 16.9 Å². The molecule has 1 aliphatic rings. The Kier molecular flexibility index (Phi) is 4.99. The van der Waals surface area contributed by atoms with Crippen molar-refractivity contribution in [3.63, 3.8) is 0 Å². The van der Waals surface area contributed by atoms with Gasteiger partial charge in [-0.1, -0.05) is 31.5 Å². The fourth-order valence-electron chi connectivity index (χ4n) is 2.84. The van der Waals surface area contributed by atoms with Crippen LogP contribution in [0.2, 0.25) is 0 Å². The van der Waals surface area contributed by atoms with Crippen LogP contribution in [-0.4, -0.2) is 30.5 Å². The van der Waals surface area contributed by atoms with E-state index >= 15 is 0 Å². The molecular formula is C18H25N3O. The molecule has 4 heteroatoms. The summed E-state index contributed by atoms with van der Waals surface area (Å²) in [5.41, 5.74) is 0.939. The Morgan fingerprint density at radius 3 is 2.86 bits per heavy atom. The maximum absolute atomic E-state index is 5.85. The van der Waals surface area contributed by atoms with Crippen molar-refractivity contribution in [1.29, 1.82) is 0 Å². The van der Waals surface area contributed by atoms with Crippen molar-refractivity contribution in [1.82, 2.24) is 10.2 Å². The van der Waals surface area contributed by atoms with E-state index in [0.717, 1.165) is 42.3 Å². The minimum absolute atomic E-state index is 0.597. The molecule has 3 rings (SSSR count). The lowest BCUT2D eigenvalue weighted by atomic mass is 10.2. The number of guanidine groups is 1. The number of furan rings is 1. The minimum atomic E-state index is 0.597. The van der Waals surface area contributed by atoms with Gasteiger partial charge in [0.1, 0.15) is 17.9 Å². The number of nitrogens with one attached hydrogen (secondary N) is 1. The first kappa shape index (κ1) is 14.9. The molecule has 0 spiro atoms. The average Bonchev–Trinajstić information content (AvgIpc) is 3.19. The highest BCUT2D eigenvalue weighted by Gasteiger charge is 2.16. The normalized spacial score (nSPS) is 15.7. The van der Waals surface area contributed by atoms with Gasteiger partial charge in [-0.3, -0.25) is 0 Å². The number of fused-ring (bicyclic) bond motifs is 1. The predicted molar refractivity (Wildman–Crippen MR) is 91.1 cm³/mol. The summed E-state index contributed by atoms with van der Waals surface area (Å²) in [5.74, 6) is 1.96. The third-order valence-corrected chi connectivity index (χ3v) is 4.08. The molecule has 0 saturated carbocycles. The first-order valence-corrected chi connectivity index (χ1v) is 8.37. The fraction of sp³-hybridized carbons (Fsp3) is 0.500. The number of benzene rings is 1. The molecule has 0 aliphatic carbocycles. The molecule has 0 radical (unpaired) electrons. The van der Waals surface area contributed by atoms with Crippen LogP contribution in [0.1, 0.15) is 38.4 Å². The molecule has 118 valence electrons. The summed E-state index contributed by atoms with van der Waals surface area (Å²) in [7, 11) is 0. The van der Waals surface area contributed by atoms with Crippen molar-refractivity contribution in [2.24, 2.45) is 4.99 Å². The molecule has 4 nitrogen and oxygen atoms in total. The molecule has 1 aromatic heterocycles. The third kappa shape index (κ3) is 3.62. The zero-order chi connectivity index (χ0) is 15.2. The molecular weight excluding hydrogens is 274 g/mol. The highest BCUT2D eigenvalue weighted by Crippen LogP contribution is 2.19. The predicted octanol–water partition coefficient (Wildman–Crippen LogP) is 3.77. The van der Waals surface area contributed by atoms with Gasteiger partial charge in [-0.05, 0) is 31.4 Å². The Bertz CT molecular complexity index is 593. The molecule has 1 N–H and O–H groups in total. The summed E-state index contributed by atoms with van der Waals surface area (Å²) in [6.07, 6.45) is 4.90. The highest BCUT2D eigenvalue weighted by molar-refractivity contribution is 5.80. The lowest BCUT2D eigenvalue weighted by molar-refractivity contribution is 0.485. The van der Waals surface area contributed by atoms with Crippen molar-refractivity contribution in [2.45, 2.75) is 39.2 Å². The van der Waals surface area contributed by atoms with Gasteiger partial charge in [-0.15, -0.1) is 0 Å². The van der Waals surface area contributed by atoms with Gasteiger partial charge >= 0.3 is 0 Å². The topological polar surface area (TPSA) is 40.8 Å². The number of hydrogen-bond donors (Lipinski definition) is 1. The van der Waals surface area contributed by atoms with E-state index < -0.39 is 0 Å². The largest absolute Gasteiger partial charge is 0.459 e. The van der Waals surface area contributed by atoms with E-state index in [1.807, 2.05) is 18.2 Å². The zero-order valence-corrected chi connectivity index (χ0v) is 13.3. The zero-order valence-electron chi connectivity index (χ0n) is 13.3. The van der Waals surface area contributed by atoms with Crippen LogP contribution in [0.15, 0.2) is 39.7 Å². The Balaban J connectivity index is 1.70. The number of unbranched alkanes of at least 4 members (excludes halogenated alkanes) is 1. The van der Waals surface area contributed by atoms with Crippen LogP contribution in [-0.2, 0) is 6.54 Å². The second-order valence-corrected chi connectivity index (χ2v) is 5.86. The van der Waals surface area contributed by atoms with Gasteiger partial charge < -0.3 is 14.6 Å². The molecule has 0 amide bonds. The van der Waals surface area contributed by atoms with Crippen molar-refractivity contribution in [3.05, 3.63) is 36.1 Å².